The van der Waals surface area contributed by atoms with Crippen molar-refractivity contribution in [2.45, 2.75) is 52.2 Å². The second kappa shape index (κ2) is 11.5. The third-order valence-electron chi connectivity index (χ3n) is 5.32. The molecule has 178 valence electrons. The maximum atomic E-state index is 13.5. The molecule has 0 unspecified atom stereocenters. The summed E-state index contributed by atoms with van der Waals surface area (Å²) in [7, 11) is 0. The fourth-order valence-electron chi connectivity index (χ4n) is 3.72. The van der Waals surface area contributed by atoms with Crippen LogP contribution < -0.4 is 10.1 Å². The molecule has 1 N–H and O–H groups in total. The van der Waals surface area contributed by atoms with Crippen LogP contribution in [-0.2, 0) is 22.6 Å². The van der Waals surface area contributed by atoms with Crippen LogP contribution in [0.1, 0.15) is 37.5 Å². The molecule has 0 fully saturated rings. The molecule has 0 aliphatic heterocycles. The highest BCUT2D eigenvalue weighted by molar-refractivity contribution is 5.89. The summed E-state index contributed by atoms with van der Waals surface area (Å²) in [5.41, 5.74) is 2.57. The first-order chi connectivity index (χ1) is 16.2. The first-order valence-electron chi connectivity index (χ1n) is 11.6. The van der Waals surface area contributed by atoms with E-state index in [1.54, 1.807) is 4.90 Å². The Kier molecular flexibility index (Phi) is 8.47. The molecular weight excluding hydrogens is 424 g/mol. The Morgan fingerprint density at radius 2 is 1.50 bits per heavy atom. The van der Waals surface area contributed by atoms with Gasteiger partial charge in [-0.25, -0.2) is 0 Å². The number of hydrogen-bond donors (Lipinski definition) is 1. The summed E-state index contributed by atoms with van der Waals surface area (Å²) in [5.74, 6) is 0.207. The van der Waals surface area contributed by atoms with Crippen molar-refractivity contribution < 1.29 is 14.3 Å². The van der Waals surface area contributed by atoms with Crippen LogP contribution >= 0.6 is 0 Å². The molecule has 0 bridgehead atoms. The number of aryl methyl sites for hydroxylation is 1. The maximum absolute atomic E-state index is 13.5. The van der Waals surface area contributed by atoms with Crippen molar-refractivity contribution in [2.75, 3.05) is 6.61 Å². The summed E-state index contributed by atoms with van der Waals surface area (Å²) in [4.78, 5) is 28.6. The standard InChI is InChI=1S/C29H34N2O3/c1-22-12-11-17-25(18-22)34-21-27(32)31(20-24-15-9-6-10-16-24)26(28(33)30-29(2,3)4)19-23-13-7-5-8-14-23/h5-18,26H,19-21H2,1-4H3,(H,30,33)/t26-/m1/s1. The fraction of sp³-hybridized carbons (Fsp3) is 0.310. The third kappa shape index (κ3) is 7.77. The van der Waals surface area contributed by atoms with Crippen molar-refractivity contribution in [2.24, 2.45) is 0 Å². The molecule has 3 rings (SSSR count). The number of benzene rings is 3. The van der Waals surface area contributed by atoms with E-state index >= 15 is 0 Å². The average molecular weight is 459 g/mol. The number of ether oxygens (including phenoxy) is 1. The zero-order valence-electron chi connectivity index (χ0n) is 20.5. The fourth-order valence-corrected chi connectivity index (χ4v) is 3.72. The summed E-state index contributed by atoms with van der Waals surface area (Å²) in [5, 5.41) is 3.07. The molecule has 0 aromatic heterocycles. The summed E-state index contributed by atoms with van der Waals surface area (Å²) in [6, 6.07) is 26.4. The van der Waals surface area contributed by atoms with Crippen molar-refractivity contribution in [1.29, 1.82) is 0 Å². The lowest BCUT2D eigenvalue weighted by Crippen LogP contribution is -2.55. The van der Waals surface area contributed by atoms with Crippen molar-refractivity contribution >= 4 is 11.8 Å². The summed E-state index contributed by atoms with van der Waals surface area (Å²) < 4.78 is 5.83. The molecule has 5 heteroatoms. The molecule has 3 aromatic rings. The Hall–Kier alpha value is -3.60. The van der Waals surface area contributed by atoms with E-state index < -0.39 is 11.6 Å². The Morgan fingerprint density at radius 1 is 0.882 bits per heavy atom. The van der Waals surface area contributed by atoms with E-state index in [4.69, 9.17) is 4.74 Å². The highest BCUT2D eigenvalue weighted by atomic mass is 16.5. The maximum Gasteiger partial charge on any atom is 0.261 e. The lowest BCUT2D eigenvalue weighted by atomic mass is 10.0. The van der Waals surface area contributed by atoms with E-state index in [-0.39, 0.29) is 18.4 Å². The number of nitrogens with zero attached hydrogens (tertiary/aromatic N) is 1. The summed E-state index contributed by atoms with van der Waals surface area (Å²) in [6.45, 7) is 7.96. The van der Waals surface area contributed by atoms with Gasteiger partial charge in [0.15, 0.2) is 6.61 Å². The smallest absolute Gasteiger partial charge is 0.261 e. The SMILES string of the molecule is Cc1cccc(OCC(=O)N(Cc2ccccc2)[C@H](Cc2ccccc2)C(=O)NC(C)(C)C)c1. The minimum Gasteiger partial charge on any atom is -0.484 e. The van der Waals surface area contributed by atoms with Crippen LogP contribution in [0, 0.1) is 6.92 Å². The van der Waals surface area contributed by atoms with Crippen LogP contribution in [0.2, 0.25) is 0 Å². The van der Waals surface area contributed by atoms with Crippen LogP contribution in [-0.4, -0.2) is 34.9 Å². The van der Waals surface area contributed by atoms with Gasteiger partial charge in [-0.3, -0.25) is 9.59 Å². The first kappa shape index (κ1) is 25.0. The molecule has 0 saturated carbocycles. The number of hydrogen-bond acceptors (Lipinski definition) is 3. The summed E-state index contributed by atoms with van der Waals surface area (Å²) >= 11 is 0. The molecule has 3 aromatic carbocycles. The molecule has 0 radical (unpaired) electrons. The van der Waals surface area contributed by atoms with Gasteiger partial charge in [0.25, 0.3) is 5.91 Å². The van der Waals surface area contributed by atoms with Gasteiger partial charge in [0.1, 0.15) is 11.8 Å². The largest absolute Gasteiger partial charge is 0.484 e. The van der Waals surface area contributed by atoms with Gasteiger partial charge in [0.05, 0.1) is 0 Å². The Balaban J connectivity index is 1.90. The Bertz CT molecular complexity index is 1080. The van der Waals surface area contributed by atoms with Gasteiger partial charge in [-0.1, -0.05) is 72.8 Å². The number of rotatable bonds is 9. The van der Waals surface area contributed by atoms with Gasteiger partial charge in [0, 0.05) is 18.5 Å². The molecule has 0 heterocycles. The highest BCUT2D eigenvalue weighted by Gasteiger charge is 2.32. The average Bonchev–Trinajstić information content (AvgIpc) is 2.80. The van der Waals surface area contributed by atoms with E-state index in [1.807, 2.05) is 113 Å². The van der Waals surface area contributed by atoms with Crippen LogP contribution in [0.5, 0.6) is 5.75 Å². The normalized spacial score (nSPS) is 12.0. The van der Waals surface area contributed by atoms with E-state index in [2.05, 4.69) is 5.32 Å². The second-order valence-electron chi connectivity index (χ2n) is 9.56. The van der Waals surface area contributed by atoms with Crippen molar-refractivity contribution in [3.05, 3.63) is 102 Å². The van der Waals surface area contributed by atoms with Gasteiger partial charge in [0.2, 0.25) is 5.91 Å². The van der Waals surface area contributed by atoms with Crippen molar-refractivity contribution in [3.8, 4) is 5.75 Å². The van der Waals surface area contributed by atoms with Gasteiger partial charge < -0.3 is 15.0 Å². The molecule has 0 aliphatic carbocycles. The van der Waals surface area contributed by atoms with Crippen LogP contribution in [0.3, 0.4) is 0 Å². The number of carbonyl (C=O) groups is 2. The second-order valence-corrected chi connectivity index (χ2v) is 9.56. The Morgan fingerprint density at radius 3 is 2.09 bits per heavy atom. The monoisotopic (exact) mass is 458 g/mol. The molecule has 0 aliphatic rings. The van der Waals surface area contributed by atoms with Gasteiger partial charge in [-0.15, -0.1) is 0 Å². The van der Waals surface area contributed by atoms with Crippen LogP contribution in [0.4, 0.5) is 0 Å². The van der Waals surface area contributed by atoms with Crippen molar-refractivity contribution in [3.63, 3.8) is 0 Å². The van der Waals surface area contributed by atoms with Gasteiger partial charge >= 0.3 is 0 Å². The van der Waals surface area contributed by atoms with Crippen LogP contribution in [0.15, 0.2) is 84.9 Å². The van der Waals surface area contributed by atoms with E-state index in [0.29, 0.717) is 18.7 Å². The Labute approximate surface area is 202 Å². The molecule has 2 amide bonds. The summed E-state index contributed by atoms with van der Waals surface area (Å²) in [6.07, 6.45) is 0.409. The zero-order valence-corrected chi connectivity index (χ0v) is 20.5. The highest BCUT2D eigenvalue weighted by Crippen LogP contribution is 2.17. The predicted molar refractivity (Wildman–Crippen MR) is 135 cm³/mol. The molecule has 0 saturated heterocycles. The lowest BCUT2D eigenvalue weighted by Gasteiger charge is -2.33. The number of carbonyl (C=O) groups excluding carboxylic acids is 2. The molecule has 1 atom stereocenters. The van der Waals surface area contributed by atoms with E-state index in [9.17, 15) is 9.59 Å². The molecule has 5 nitrogen and oxygen atoms in total. The van der Waals surface area contributed by atoms with E-state index in [1.165, 1.54) is 0 Å². The number of nitrogens with one attached hydrogen (secondary N) is 1. The quantitative estimate of drug-likeness (QED) is 0.495. The molecule has 0 spiro atoms. The molecular formula is C29H34N2O3. The topological polar surface area (TPSA) is 58.6 Å². The minimum absolute atomic E-state index is 0.148. The third-order valence-corrected chi connectivity index (χ3v) is 5.32. The lowest BCUT2D eigenvalue weighted by molar-refractivity contribution is -0.143. The zero-order chi connectivity index (χ0) is 24.6. The van der Waals surface area contributed by atoms with Gasteiger partial charge in [-0.05, 0) is 56.5 Å². The molecule has 34 heavy (non-hydrogen) atoms. The first-order valence-corrected chi connectivity index (χ1v) is 11.6. The van der Waals surface area contributed by atoms with Crippen LogP contribution in [0.25, 0.3) is 0 Å². The van der Waals surface area contributed by atoms with Crippen molar-refractivity contribution in [1.82, 2.24) is 10.2 Å². The van der Waals surface area contributed by atoms with Gasteiger partial charge in [-0.2, -0.15) is 0 Å². The minimum atomic E-state index is -0.685. The number of amides is 2. The van der Waals surface area contributed by atoms with E-state index in [0.717, 1.165) is 16.7 Å². The predicted octanol–water partition coefficient (Wildman–Crippen LogP) is 4.93.